The maximum atomic E-state index is 13.8. The smallest absolute Gasteiger partial charge is 0.262 e. The standard InChI is InChI=1S/C29H36N4O6/c1-20(2)29(35)32(11-10-31-12-14-37-15-13-31)18-28(34)33-25(22-6-9-26-27(16-22)39-19-38-26)17-24(30-33)21-4-7-23(36-3)8-5-21/h4-9,16,20,25H,10-15,17-19H2,1-3H3/t25-/m1/s1. The number of fused-ring (bicyclic) bond motifs is 1. The Kier molecular flexibility index (Phi) is 8.33. The van der Waals surface area contributed by atoms with Crippen molar-refractivity contribution in [2.45, 2.75) is 26.3 Å². The van der Waals surface area contributed by atoms with Crippen LogP contribution in [-0.4, -0.2) is 92.2 Å². The van der Waals surface area contributed by atoms with Crippen molar-refractivity contribution < 1.29 is 28.5 Å². The molecule has 10 heteroatoms. The molecule has 2 aromatic carbocycles. The minimum atomic E-state index is -0.334. The number of benzene rings is 2. The second-order valence-electron chi connectivity index (χ2n) is 10.2. The molecule has 0 spiro atoms. The highest BCUT2D eigenvalue weighted by Crippen LogP contribution is 2.39. The summed E-state index contributed by atoms with van der Waals surface area (Å²) in [5.41, 5.74) is 2.61. The van der Waals surface area contributed by atoms with Crippen molar-refractivity contribution in [3.8, 4) is 17.2 Å². The number of hydrazone groups is 1. The van der Waals surface area contributed by atoms with Crippen molar-refractivity contribution in [3.05, 3.63) is 53.6 Å². The topological polar surface area (TPSA) is 93.1 Å². The molecule has 0 unspecified atom stereocenters. The molecule has 3 heterocycles. The van der Waals surface area contributed by atoms with Gasteiger partial charge >= 0.3 is 0 Å². The van der Waals surface area contributed by atoms with E-state index < -0.39 is 0 Å². The Morgan fingerprint density at radius 3 is 2.54 bits per heavy atom. The van der Waals surface area contributed by atoms with Gasteiger partial charge in [-0.25, -0.2) is 5.01 Å². The minimum Gasteiger partial charge on any atom is -0.497 e. The number of ether oxygens (including phenoxy) is 4. The zero-order valence-corrected chi connectivity index (χ0v) is 22.8. The molecule has 1 fully saturated rings. The molecule has 2 aromatic rings. The number of methoxy groups -OCH3 is 1. The second kappa shape index (κ2) is 12.0. The first-order valence-corrected chi connectivity index (χ1v) is 13.5. The van der Waals surface area contributed by atoms with E-state index in [9.17, 15) is 9.59 Å². The summed E-state index contributed by atoms with van der Waals surface area (Å²) in [5.74, 6) is 1.60. The number of hydrogen-bond donors (Lipinski definition) is 0. The molecule has 10 nitrogen and oxygen atoms in total. The lowest BCUT2D eigenvalue weighted by atomic mass is 9.98. The van der Waals surface area contributed by atoms with Gasteiger partial charge in [0.05, 0.1) is 32.1 Å². The summed E-state index contributed by atoms with van der Waals surface area (Å²) >= 11 is 0. The molecule has 39 heavy (non-hydrogen) atoms. The van der Waals surface area contributed by atoms with Crippen molar-refractivity contribution >= 4 is 17.5 Å². The average Bonchev–Trinajstić information content (AvgIpc) is 3.62. The summed E-state index contributed by atoms with van der Waals surface area (Å²) in [6.07, 6.45) is 0.531. The number of carbonyl (C=O) groups is 2. The van der Waals surface area contributed by atoms with Crippen molar-refractivity contribution in [3.63, 3.8) is 0 Å². The van der Waals surface area contributed by atoms with E-state index in [-0.39, 0.29) is 37.1 Å². The molecule has 1 atom stereocenters. The van der Waals surface area contributed by atoms with Gasteiger partial charge in [-0.1, -0.05) is 19.9 Å². The molecule has 0 aromatic heterocycles. The van der Waals surface area contributed by atoms with Crippen molar-refractivity contribution in [1.29, 1.82) is 0 Å². The Labute approximate surface area is 229 Å². The van der Waals surface area contributed by atoms with E-state index in [2.05, 4.69) is 4.90 Å². The fourth-order valence-corrected chi connectivity index (χ4v) is 5.03. The highest BCUT2D eigenvalue weighted by Gasteiger charge is 2.35. The van der Waals surface area contributed by atoms with Gasteiger partial charge in [-0.2, -0.15) is 5.10 Å². The van der Waals surface area contributed by atoms with Crippen LogP contribution >= 0.6 is 0 Å². The summed E-state index contributed by atoms with van der Waals surface area (Å²) in [4.78, 5) is 30.9. The van der Waals surface area contributed by atoms with Crippen LogP contribution in [-0.2, 0) is 14.3 Å². The molecule has 208 valence electrons. The molecule has 3 aliphatic rings. The maximum Gasteiger partial charge on any atom is 0.262 e. The predicted octanol–water partition coefficient (Wildman–Crippen LogP) is 2.92. The van der Waals surface area contributed by atoms with E-state index in [1.165, 1.54) is 5.01 Å². The number of hydrogen-bond acceptors (Lipinski definition) is 8. The highest BCUT2D eigenvalue weighted by atomic mass is 16.7. The van der Waals surface area contributed by atoms with Crippen molar-refractivity contribution in [1.82, 2.24) is 14.8 Å². The van der Waals surface area contributed by atoms with Gasteiger partial charge in [-0.3, -0.25) is 14.5 Å². The van der Waals surface area contributed by atoms with Gasteiger partial charge in [-0.15, -0.1) is 0 Å². The summed E-state index contributed by atoms with van der Waals surface area (Å²) in [5, 5.41) is 6.33. The molecule has 2 amide bonds. The first kappa shape index (κ1) is 27.0. The van der Waals surface area contributed by atoms with Gasteiger partial charge in [0, 0.05) is 38.5 Å². The second-order valence-corrected chi connectivity index (χ2v) is 10.2. The van der Waals surface area contributed by atoms with Gasteiger partial charge in [0.1, 0.15) is 12.3 Å². The highest BCUT2D eigenvalue weighted by molar-refractivity contribution is 6.03. The van der Waals surface area contributed by atoms with Crippen molar-refractivity contribution in [2.75, 3.05) is 59.8 Å². The molecular formula is C29H36N4O6. The van der Waals surface area contributed by atoms with E-state index in [1.807, 2.05) is 56.3 Å². The predicted molar refractivity (Wildman–Crippen MR) is 145 cm³/mol. The minimum absolute atomic E-state index is 0.0399. The molecule has 5 rings (SSSR count). The van der Waals surface area contributed by atoms with E-state index in [0.717, 1.165) is 35.7 Å². The number of rotatable bonds is 9. The first-order valence-electron chi connectivity index (χ1n) is 13.5. The number of nitrogens with zero attached hydrogens (tertiary/aromatic N) is 4. The summed E-state index contributed by atoms with van der Waals surface area (Å²) < 4.78 is 21.8. The van der Waals surface area contributed by atoms with Crippen LogP contribution in [0, 0.1) is 5.92 Å². The van der Waals surface area contributed by atoms with E-state index >= 15 is 0 Å². The molecule has 3 aliphatic heterocycles. The quantitative estimate of drug-likeness (QED) is 0.487. The Morgan fingerprint density at radius 2 is 1.82 bits per heavy atom. The van der Waals surface area contributed by atoms with Crippen LogP contribution in [0.4, 0.5) is 0 Å². The van der Waals surface area contributed by atoms with Gasteiger partial charge in [0.2, 0.25) is 12.7 Å². The fourth-order valence-electron chi connectivity index (χ4n) is 5.03. The Morgan fingerprint density at radius 1 is 1.08 bits per heavy atom. The van der Waals surface area contributed by atoms with Crippen LogP contribution in [0.1, 0.15) is 37.4 Å². The lowest BCUT2D eigenvalue weighted by Gasteiger charge is -2.31. The zero-order chi connectivity index (χ0) is 27.4. The largest absolute Gasteiger partial charge is 0.497 e. The molecular weight excluding hydrogens is 500 g/mol. The summed E-state index contributed by atoms with van der Waals surface area (Å²) in [7, 11) is 1.63. The number of carbonyl (C=O) groups excluding carboxylic acids is 2. The third-order valence-electron chi connectivity index (χ3n) is 7.29. The lowest BCUT2D eigenvalue weighted by molar-refractivity contribution is -0.143. The number of amides is 2. The monoisotopic (exact) mass is 536 g/mol. The Bertz CT molecular complexity index is 1210. The van der Waals surface area contributed by atoms with Crippen LogP contribution in [0.5, 0.6) is 17.2 Å². The molecule has 0 saturated carbocycles. The van der Waals surface area contributed by atoms with Gasteiger partial charge in [0.25, 0.3) is 5.91 Å². The first-order chi connectivity index (χ1) is 18.9. The Balaban J connectivity index is 1.39. The normalized spacial score (nSPS) is 18.8. The van der Waals surface area contributed by atoms with Gasteiger partial charge < -0.3 is 23.8 Å². The molecule has 0 N–H and O–H groups in total. The Hall–Kier alpha value is -3.63. The molecule has 1 saturated heterocycles. The van der Waals surface area contributed by atoms with E-state index in [4.69, 9.17) is 24.0 Å². The summed E-state index contributed by atoms with van der Waals surface area (Å²) in [6.45, 7) is 8.05. The van der Waals surface area contributed by atoms with Gasteiger partial charge in [-0.05, 0) is 47.5 Å². The average molecular weight is 537 g/mol. The van der Waals surface area contributed by atoms with E-state index in [1.54, 1.807) is 12.0 Å². The molecule has 0 aliphatic carbocycles. The third-order valence-corrected chi connectivity index (χ3v) is 7.29. The van der Waals surface area contributed by atoms with Crippen LogP contribution < -0.4 is 14.2 Å². The lowest BCUT2D eigenvalue weighted by Crippen LogP contribution is -2.47. The third kappa shape index (κ3) is 6.17. The zero-order valence-electron chi connectivity index (χ0n) is 22.8. The molecule has 0 bridgehead atoms. The summed E-state index contributed by atoms with van der Waals surface area (Å²) in [6, 6.07) is 13.0. The maximum absolute atomic E-state index is 13.8. The SMILES string of the molecule is COc1ccc(C2=NN(C(=O)CN(CCN3CCOCC3)C(=O)C(C)C)[C@@H](c3ccc4c(c3)OCO4)C2)cc1. The van der Waals surface area contributed by atoms with Crippen LogP contribution in [0.3, 0.4) is 0 Å². The number of morpholine rings is 1. The van der Waals surface area contributed by atoms with Crippen molar-refractivity contribution in [2.24, 2.45) is 11.0 Å². The van der Waals surface area contributed by atoms with Crippen LogP contribution in [0.25, 0.3) is 0 Å². The molecule has 0 radical (unpaired) electrons. The van der Waals surface area contributed by atoms with Crippen LogP contribution in [0.2, 0.25) is 0 Å². The van der Waals surface area contributed by atoms with E-state index in [0.29, 0.717) is 44.2 Å². The van der Waals surface area contributed by atoms with Crippen LogP contribution in [0.15, 0.2) is 47.6 Å². The van der Waals surface area contributed by atoms with Gasteiger partial charge in [0.15, 0.2) is 11.5 Å². The fraction of sp³-hybridized carbons (Fsp3) is 0.483.